The molecule has 0 fully saturated rings. The van der Waals surface area contributed by atoms with Crippen LogP contribution in [0, 0.1) is 0 Å². The molecule has 4 nitrogen and oxygen atoms in total. The Labute approximate surface area is 105 Å². The number of aromatic nitrogens is 1. The average molecular weight is 247 g/mol. The van der Waals surface area contributed by atoms with Crippen molar-refractivity contribution in [2.75, 3.05) is 7.05 Å². The number of likely N-dealkylation sites (N-methyl/N-ethyl adjacent to an activating group) is 1. The first kappa shape index (κ1) is 12.4. The van der Waals surface area contributed by atoms with E-state index in [2.05, 4.69) is 10.3 Å². The predicted octanol–water partition coefficient (Wildman–Crippen LogP) is 1.32. The molecule has 1 aliphatic carbocycles. The number of fused-ring (bicyclic) bond motifs is 1. The summed E-state index contributed by atoms with van der Waals surface area (Å²) in [5.74, 6) is -0.382. The number of carbonyl (C=O) groups excluding carboxylic acids is 1. The Morgan fingerprint density at radius 2 is 2.17 bits per heavy atom. The molecule has 18 heavy (non-hydrogen) atoms. The van der Waals surface area contributed by atoms with Crippen LogP contribution in [0.3, 0.4) is 0 Å². The number of carbonyl (C=O) groups is 1. The van der Waals surface area contributed by atoms with E-state index in [0.717, 1.165) is 16.8 Å². The van der Waals surface area contributed by atoms with Crippen LogP contribution in [0.15, 0.2) is 36.5 Å². The molecule has 0 bridgehead atoms. The van der Waals surface area contributed by atoms with Gasteiger partial charge in [0, 0.05) is 25.2 Å². The van der Waals surface area contributed by atoms with E-state index in [0.29, 0.717) is 0 Å². The minimum atomic E-state index is -0.895. The summed E-state index contributed by atoms with van der Waals surface area (Å²) >= 11 is 0. The lowest BCUT2D eigenvalue weighted by molar-refractivity contribution is -0.123. The first-order chi connectivity index (χ1) is 8.76. The average Bonchev–Trinajstić information content (AvgIpc) is 2.63. The Hall–Kier alpha value is -2.01. The molecule has 94 valence electrons. The Balaban J connectivity index is 2.26. The predicted molar refractivity (Wildman–Crippen MR) is 66.7 cm³/mol. The van der Waals surface area contributed by atoms with E-state index in [1.807, 2.05) is 30.3 Å². The van der Waals surface area contributed by atoms with Crippen molar-refractivity contribution in [2.24, 2.45) is 0 Å². The summed E-state index contributed by atoms with van der Waals surface area (Å²) in [5, 5.41) is 2.42. The fraction of sp³-hybridized carbons (Fsp3) is 0.231. The SMILES string of the molecule is CNC(=O)C(Cc1cnc2cccccc1-2)NF. The third-order valence-electron chi connectivity index (χ3n) is 2.84. The number of amides is 1. The Kier molecular flexibility index (Phi) is 3.84. The van der Waals surface area contributed by atoms with Crippen LogP contribution in [-0.2, 0) is 11.2 Å². The molecule has 1 amide bonds. The summed E-state index contributed by atoms with van der Waals surface area (Å²) in [5.41, 5.74) is 4.14. The maximum atomic E-state index is 12.6. The Morgan fingerprint density at radius 3 is 2.89 bits per heavy atom. The molecule has 1 heterocycles. The summed E-state index contributed by atoms with van der Waals surface area (Å²) in [7, 11) is 1.48. The largest absolute Gasteiger partial charge is 0.358 e. The molecule has 5 heteroatoms. The molecule has 0 aromatic rings. The van der Waals surface area contributed by atoms with E-state index in [9.17, 15) is 9.28 Å². The van der Waals surface area contributed by atoms with Crippen LogP contribution in [0.2, 0.25) is 0 Å². The van der Waals surface area contributed by atoms with Crippen LogP contribution < -0.4 is 10.9 Å². The Morgan fingerprint density at radius 1 is 1.39 bits per heavy atom. The number of nitrogens with one attached hydrogen (secondary N) is 2. The maximum Gasteiger partial charge on any atom is 0.239 e. The molecule has 0 radical (unpaired) electrons. The topological polar surface area (TPSA) is 54.0 Å². The zero-order chi connectivity index (χ0) is 13.0. The molecular formula is C13H14FN3O. The van der Waals surface area contributed by atoms with E-state index in [1.165, 1.54) is 12.6 Å². The molecule has 2 N–H and O–H groups in total. The maximum absolute atomic E-state index is 12.6. The van der Waals surface area contributed by atoms with E-state index in [4.69, 9.17) is 0 Å². The first-order valence-electron chi connectivity index (χ1n) is 5.66. The van der Waals surface area contributed by atoms with Crippen molar-refractivity contribution in [1.82, 2.24) is 15.8 Å². The van der Waals surface area contributed by atoms with E-state index in [1.54, 1.807) is 6.20 Å². The summed E-state index contributed by atoms with van der Waals surface area (Å²) in [4.78, 5) is 15.7. The third-order valence-corrected chi connectivity index (χ3v) is 2.84. The molecular weight excluding hydrogens is 233 g/mol. The highest BCUT2D eigenvalue weighted by Crippen LogP contribution is 2.24. The van der Waals surface area contributed by atoms with Gasteiger partial charge in [0.05, 0.1) is 5.69 Å². The second kappa shape index (κ2) is 5.55. The smallest absolute Gasteiger partial charge is 0.239 e. The van der Waals surface area contributed by atoms with Crippen molar-refractivity contribution in [3.63, 3.8) is 0 Å². The van der Waals surface area contributed by atoms with E-state index in [-0.39, 0.29) is 12.3 Å². The highest BCUT2D eigenvalue weighted by Gasteiger charge is 2.20. The molecule has 1 aliphatic heterocycles. The number of halogens is 1. The van der Waals surface area contributed by atoms with Gasteiger partial charge < -0.3 is 5.32 Å². The minimum absolute atomic E-state index is 0.261. The van der Waals surface area contributed by atoms with Gasteiger partial charge in [-0.3, -0.25) is 9.78 Å². The lowest BCUT2D eigenvalue weighted by Gasteiger charge is -2.11. The van der Waals surface area contributed by atoms with Gasteiger partial charge in [0.15, 0.2) is 0 Å². The number of hydrogen-bond acceptors (Lipinski definition) is 3. The van der Waals surface area contributed by atoms with Gasteiger partial charge in [-0.25, -0.2) is 0 Å². The summed E-state index contributed by atoms with van der Waals surface area (Å²) in [6.07, 6.45) is 1.94. The van der Waals surface area contributed by atoms with Crippen LogP contribution in [0.1, 0.15) is 5.56 Å². The molecule has 2 rings (SSSR count). The van der Waals surface area contributed by atoms with Gasteiger partial charge in [-0.1, -0.05) is 24.3 Å². The van der Waals surface area contributed by atoms with Crippen molar-refractivity contribution in [3.8, 4) is 11.3 Å². The fourth-order valence-corrected chi connectivity index (χ4v) is 1.88. The van der Waals surface area contributed by atoms with Crippen molar-refractivity contribution in [3.05, 3.63) is 42.1 Å². The van der Waals surface area contributed by atoms with Crippen LogP contribution in [-0.4, -0.2) is 24.0 Å². The molecule has 2 aliphatic rings. The molecule has 0 saturated heterocycles. The second-order valence-electron chi connectivity index (χ2n) is 3.97. The Bertz CT molecular complexity index is 518. The van der Waals surface area contributed by atoms with Crippen LogP contribution in [0.5, 0.6) is 0 Å². The highest BCUT2D eigenvalue weighted by molar-refractivity contribution is 5.82. The van der Waals surface area contributed by atoms with Gasteiger partial charge in [-0.05, 0) is 11.6 Å². The monoisotopic (exact) mass is 247 g/mol. The number of rotatable bonds is 4. The number of nitrogens with zero attached hydrogens (tertiary/aromatic N) is 1. The lowest BCUT2D eigenvalue weighted by Crippen LogP contribution is -2.40. The number of hydrogen-bond donors (Lipinski definition) is 2. The van der Waals surface area contributed by atoms with E-state index < -0.39 is 6.04 Å². The zero-order valence-electron chi connectivity index (χ0n) is 9.98. The molecule has 1 atom stereocenters. The summed E-state index contributed by atoms with van der Waals surface area (Å²) in [6, 6.07) is 8.59. The summed E-state index contributed by atoms with van der Waals surface area (Å²) < 4.78 is 12.6. The second-order valence-corrected chi connectivity index (χ2v) is 3.97. The van der Waals surface area contributed by atoms with Crippen molar-refractivity contribution in [2.45, 2.75) is 12.5 Å². The van der Waals surface area contributed by atoms with Crippen LogP contribution >= 0.6 is 0 Å². The van der Waals surface area contributed by atoms with Crippen molar-refractivity contribution < 1.29 is 9.28 Å². The van der Waals surface area contributed by atoms with Gasteiger partial charge in [0.25, 0.3) is 0 Å². The zero-order valence-corrected chi connectivity index (χ0v) is 9.98. The van der Waals surface area contributed by atoms with Crippen molar-refractivity contribution in [1.29, 1.82) is 0 Å². The standard InChI is InChI=1S/C13H14FN3O/c1-15-13(18)12(17-14)7-9-8-16-11-6-4-2-3-5-10(9)11/h2-6,8,12,17H,7H2,1H3,(H,15,18). The molecule has 0 aromatic carbocycles. The van der Waals surface area contributed by atoms with Gasteiger partial charge in [0.2, 0.25) is 5.91 Å². The van der Waals surface area contributed by atoms with Gasteiger partial charge >= 0.3 is 0 Å². The van der Waals surface area contributed by atoms with Crippen LogP contribution in [0.25, 0.3) is 11.3 Å². The van der Waals surface area contributed by atoms with Gasteiger partial charge in [-0.2, -0.15) is 0 Å². The van der Waals surface area contributed by atoms with Gasteiger partial charge in [0.1, 0.15) is 6.04 Å². The minimum Gasteiger partial charge on any atom is -0.358 e. The van der Waals surface area contributed by atoms with E-state index >= 15 is 0 Å². The first-order valence-corrected chi connectivity index (χ1v) is 5.66. The highest BCUT2D eigenvalue weighted by atomic mass is 19.2. The van der Waals surface area contributed by atoms with Crippen molar-refractivity contribution >= 4 is 5.91 Å². The quantitative estimate of drug-likeness (QED) is 0.801. The summed E-state index contributed by atoms with van der Waals surface area (Å²) in [6.45, 7) is 0. The van der Waals surface area contributed by atoms with Crippen LogP contribution in [0.4, 0.5) is 4.48 Å². The van der Waals surface area contributed by atoms with Gasteiger partial charge in [-0.15, -0.1) is 10.0 Å². The molecule has 1 unspecified atom stereocenters. The normalized spacial score (nSPS) is 12.3. The third kappa shape index (κ3) is 2.46. The molecule has 0 spiro atoms. The lowest BCUT2D eigenvalue weighted by atomic mass is 10.0. The fourth-order valence-electron chi connectivity index (χ4n) is 1.88. The molecule has 0 saturated carbocycles. The molecule has 0 aromatic heterocycles.